The van der Waals surface area contributed by atoms with Crippen LogP contribution in [0.5, 0.6) is 0 Å². The van der Waals surface area contributed by atoms with E-state index in [0.717, 1.165) is 11.0 Å². The second-order valence-electron chi connectivity index (χ2n) is 7.77. The second kappa shape index (κ2) is 9.12. The summed E-state index contributed by atoms with van der Waals surface area (Å²) in [4.78, 5) is 15.1. The molecule has 2 aromatic carbocycles. The molecule has 0 radical (unpaired) electrons. The number of halogens is 1. The Morgan fingerprint density at radius 1 is 1.00 bits per heavy atom. The van der Waals surface area contributed by atoms with Gasteiger partial charge in [0, 0.05) is 36.3 Å². The minimum atomic E-state index is -3.98. The van der Waals surface area contributed by atoms with Crippen LogP contribution in [0.3, 0.4) is 0 Å². The molecule has 0 aliphatic carbocycles. The van der Waals surface area contributed by atoms with Crippen LogP contribution in [-0.2, 0) is 19.9 Å². The van der Waals surface area contributed by atoms with Crippen molar-refractivity contribution in [1.29, 1.82) is 0 Å². The van der Waals surface area contributed by atoms with Crippen LogP contribution in [0.1, 0.15) is 16.8 Å². The second-order valence-corrected chi connectivity index (χ2v) is 13.2. The number of benzene rings is 2. The molecular formula is C21H23FN2O5S3. The summed E-state index contributed by atoms with van der Waals surface area (Å²) in [6, 6.07) is 12.3. The number of thioether (sulfide) groups is 1. The molecule has 2 saturated heterocycles. The molecule has 0 spiro atoms. The van der Waals surface area contributed by atoms with Crippen LogP contribution in [0.15, 0.2) is 58.3 Å². The topological polar surface area (TPSA) is 91.8 Å². The zero-order valence-electron chi connectivity index (χ0n) is 17.2. The van der Waals surface area contributed by atoms with Gasteiger partial charge in [0.2, 0.25) is 10.0 Å². The average Bonchev–Trinajstić information content (AvgIpc) is 3.12. The highest BCUT2D eigenvalue weighted by atomic mass is 32.2. The van der Waals surface area contributed by atoms with E-state index in [-0.39, 0.29) is 53.7 Å². The molecule has 2 aromatic rings. The number of piperazine rings is 1. The highest BCUT2D eigenvalue weighted by Gasteiger charge is 2.33. The molecule has 4 rings (SSSR count). The Bertz CT molecular complexity index is 1230. The van der Waals surface area contributed by atoms with Gasteiger partial charge < -0.3 is 4.90 Å². The maximum atomic E-state index is 14.0. The van der Waals surface area contributed by atoms with Crippen molar-refractivity contribution in [3.63, 3.8) is 0 Å². The smallest absolute Gasteiger partial charge is 0.255 e. The number of nitrogens with zero attached hydrogens (tertiary/aromatic N) is 2. The van der Waals surface area contributed by atoms with E-state index in [2.05, 4.69) is 0 Å². The van der Waals surface area contributed by atoms with Crippen molar-refractivity contribution >= 4 is 37.5 Å². The molecule has 11 heteroatoms. The van der Waals surface area contributed by atoms with Crippen molar-refractivity contribution in [3.8, 4) is 0 Å². The number of sulfone groups is 1. The molecular weight excluding hydrogens is 475 g/mol. The highest BCUT2D eigenvalue weighted by Crippen LogP contribution is 2.33. The van der Waals surface area contributed by atoms with Crippen LogP contribution < -0.4 is 0 Å². The number of hydrogen-bond acceptors (Lipinski definition) is 6. The first-order valence-corrected chi connectivity index (χ1v) is 14.3. The van der Waals surface area contributed by atoms with Crippen LogP contribution in [-0.4, -0.2) is 74.9 Å². The number of carbonyl (C=O) groups excluding carboxylic acids is 1. The van der Waals surface area contributed by atoms with Crippen molar-refractivity contribution in [2.75, 3.05) is 37.7 Å². The Balaban J connectivity index is 1.45. The van der Waals surface area contributed by atoms with E-state index >= 15 is 0 Å². The first-order valence-electron chi connectivity index (χ1n) is 10.2. The molecule has 7 nitrogen and oxygen atoms in total. The molecule has 172 valence electrons. The molecule has 0 saturated carbocycles. The Labute approximate surface area is 191 Å². The minimum Gasteiger partial charge on any atom is -0.336 e. The van der Waals surface area contributed by atoms with Crippen LogP contribution in [0, 0.1) is 5.82 Å². The number of amides is 1. The van der Waals surface area contributed by atoms with E-state index in [1.165, 1.54) is 34.3 Å². The summed E-state index contributed by atoms with van der Waals surface area (Å²) in [5.74, 6) is -0.755. The third kappa shape index (κ3) is 4.85. The number of rotatable bonds is 5. The van der Waals surface area contributed by atoms with Gasteiger partial charge in [0.25, 0.3) is 5.91 Å². The Morgan fingerprint density at radius 2 is 1.66 bits per heavy atom. The average molecular weight is 499 g/mol. The van der Waals surface area contributed by atoms with E-state index in [9.17, 15) is 26.0 Å². The quantitative estimate of drug-likeness (QED) is 0.628. The fraction of sp³-hybridized carbons (Fsp3) is 0.381. The molecule has 2 aliphatic heterocycles. The molecule has 1 amide bonds. The molecule has 0 unspecified atom stereocenters. The number of sulfonamides is 1. The van der Waals surface area contributed by atoms with Gasteiger partial charge in [-0.2, -0.15) is 4.31 Å². The molecule has 32 heavy (non-hydrogen) atoms. The summed E-state index contributed by atoms with van der Waals surface area (Å²) in [5, 5.41) is -0.0864. The van der Waals surface area contributed by atoms with Crippen molar-refractivity contribution in [2.45, 2.75) is 21.5 Å². The largest absolute Gasteiger partial charge is 0.336 e. The lowest BCUT2D eigenvalue weighted by molar-refractivity contribution is 0.0694. The minimum absolute atomic E-state index is 0.0680. The highest BCUT2D eigenvalue weighted by molar-refractivity contribution is 8.02. The zero-order valence-corrected chi connectivity index (χ0v) is 19.6. The number of hydrogen-bond donors (Lipinski definition) is 0. The molecule has 0 aromatic heterocycles. The zero-order chi connectivity index (χ0) is 22.9. The van der Waals surface area contributed by atoms with E-state index < -0.39 is 25.7 Å². The predicted molar refractivity (Wildman–Crippen MR) is 120 cm³/mol. The van der Waals surface area contributed by atoms with Crippen molar-refractivity contribution in [1.82, 2.24) is 9.21 Å². The van der Waals surface area contributed by atoms with Crippen LogP contribution >= 0.6 is 11.8 Å². The van der Waals surface area contributed by atoms with Crippen molar-refractivity contribution in [3.05, 3.63) is 59.9 Å². The van der Waals surface area contributed by atoms with Gasteiger partial charge in [-0.05, 0) is 30.7 Å². The van der Waals surface area contributed by atoms with Gasteiger partial charge in [0.15, 0.2) is 9.84 Å². The first-order chi connectivity index (χ1) is 15.2. The van der Waals surface area contributed by atoms with E-state index in [1.807, 2.05) is 12.1 Å². The Morgan fingerprint density at radius 3 is 2.31 bits per heavy atom. The van der Waals surface area contributed by atoms with E-state index in [0.29, 0.717) is 12.0 Å². The summed E-state index contributed by atoms with van der Waals surface area (Å²) in [6.45, 7) is 0.504. The van der Waals surface area contributed by atoms with Gasteiger partial charge in [-0.1, -0.05) is 24.3 Å². The standard InChI is InChI=1S/C21H23FN2O5S3/c22-18-6-2-4-8-20(18)32(28,29)24-12-10-23(11-13-24)21(25)17-5-1-3-7-19(17)30-16-9-14-31(26,27)15-16/h1-8,16H,9-15H2/t16-/m0/s1. The maximum absolute atomic E-state index is 14.0. The van der Waals surface area contributed by atoms with Gasteiger partial charge >= 0.3 is 0 Å². The molecule has 0 bridgehead atoms. The SMILES string of the molecule is O=C(c1ccccc1S[C@H]1CCS(=O)(=O)C1)N1CCN(S(=O)(=O)c2ccccc2F)CC1. The lowest BCUT2D eigenvalue weighted by atomic mass is 10.2. The van der Waals surface area contributed by atoms with Gasteiger partial charge in [-0.15, -0.1) is 11.8 Å². The third-order valence-corrected chi connectivity index (χ3v) is 10.8. The first kappa shape index (κ1) is 23.2. The van der Waals surface area contributed by atoms with Gasteiger partial charge in [-0.25, -0.2) is 21.2 Å². The molecule has 2 aliphatic rings. The summed E-state index contributed by atoms with van der Waals surface area (Å²) in [6.07, 6.45) is 0.558. The fourth-order valence-corrected chi connectivity index (χ4v) is 8.98. The van der Waals surface area contributed by atoms with Crippen molar-refractivity contribution < 1.29 is 26.0 Å². The molecule has 2 heterocycles. The van der Waals surface area contributed by atoms with Crippen LogP contribution in [0.25, 0.3) is 0 Å². The van der Waals surface area contributed by atoms with Gasteiger partial charge in [-0.3, -0.25) is 4.79 Å². The molecule has 1 atom stereocenters. The van der Waals surface area contributed by atoms with Crippen molar-refractivity contribution in [2.24, 2.45) is 0 Å². The van der Waals surface area contributed by atoms with Crippen LogP contribution in [0.2, 0.25) is 0 Å². The summed E-state index contributed by atoms with van der Waals surface area (Å²) < 4.78 is 64.3. The third-order valence-electron chi connectivity index (χ3n) is 5.58. The summed E-state index contributed by atoms with van der Waals surface area (Å²) in [7, 11) is -7.00. The Kier molecular flexibility index (Phi) is 6.62. The van der Waals surface area contributed by atoms with Crippen LogP contribution in [0.4, 0.5) is 4.39 Å². The van der Waals surface area contributed by atoms with Gasteiger partial charge in [0.05, 0.1) is 17.1 Å². The van der Waals surface area contributed by atoms with E-state index in [4.69, 9.17) is 0 Å². The van der Waals surface area contributed by atoms with Gasteiger partial charge in [0.1, 0.15) is 10.7 Å². The molecule has 0 N–H and O–H groups in total. The Hall–Kier alpha value is -1.95. The maximum Gasteiger partial charge on any atom is 0.255 e. The monoisotopic (exact) mass is 498 g/mol. The lowest BCUT2D eigenvalue weighted by Crippen LogP contribution is -2.50. The summed E-state index contributed by atoms with van der Waals surface area (Å²) >= 11 is 1.40. The number of carbonyl (C=O) groups is 1. The fourth-order valence-electron chi connectivity index (χ4n) is 3.87. The normalized spacial score (nSPS) is 21.5. The summed E-state index contributed by atoms with van der Waals surface area (Å²) in [5.41, 5.74) is 0.479. The molecule has 2 fully saturated rings. The lowest BCUT2D eigenvalue weighted by Gasteiger charge is -2.34. The van der Waals surface area contributed by atoms with E-state index in [1.54, 1.807) is 17.0 Å². The predicted octanol–water partition coefficient (Wildman–Crippen LogP) is 2.25.